The molecule has 3 rings (SSSR count). The van der Waals surface area contributed by atoms with E-state index in [1.807, 2.05) is 32.0 Å². The second-order valence-corrected chi connectivity index (χ2v) is 6.45. The minimum absolute atomic E-state index is 0.134. The van der Waals surface area contributed by atoms with E-state index in [2.05, 4.69) is 20.6 Å². The van der Waals surface area contributed by atoms with Crippen LogP contribution in [0.3, 0.4) is 0 Å². The lowest BCUT2D eigenvalue weighted by molar-refractivity contribution is 0.0527. The lowest BCUT2D eigenvalue weighted by atomic mass is 10.1. The molecule has 0 unspecified atom stereocenters. The molecular formula is C22H22N4O3. The van der Waals surface area contributed by atoms with Gasteiger partial charge in [0.05, 0.1) is 30.3 Å². The Kier molecular flexibility index (Phi) is 6.19. The standard InChI is InChI=1S/C22H22N4O3/c1-4-29-22(28)16-7-5-6-8-17(16)26-21(27)19-12-24-20(13-23-19)25-18-11-14(2)9-10-15(18)3/h5-13H,4H2,1-3H3,(H,24,25)(H,26,27). The van der Waals surface area contributed by atoms with Crippen molar-refractivity contribution in [1.82, 2.24) is 9.97 Å². The molecule has 0 saturated heterocycles. The molecule has 7 nitrogen and oxygen atoms in total. The van der Waals surface area contributed by atoms with Crippen LogP contribution in [0.15, 0.2) is 54.9 Å². The number of hydrogen-bond donors (Lipinski definition) is 2. The zero-order valence-electron chi connectivity index (χ0n) is 16.5. The Hall–Kier alpha value is -3.74. The molecule has 0 saturated carbocycles. The maximum Gasteiger partial charge on any atom is 0.340 e. The van der Waals surface area contributed by atoms with Gasteiger partial charge in [0, 0.05) is 5.69 Å². The van der Waals surface area contributed by atoms with Crippen LogP contribution in [-0.2, 0) is 4.74 Å². The minimum Gasteiger partial charge on any atom is -0.462 e. The van der Waals surface area contributed by atoms with Gasteiger partial charge in [-0.15, -0.1) is 0 Å². The third-order valence-electron chi connectivity index (χ3n) is 4.21. The zero-order chi connectivity index (χ0) is 20.8. The molecule has 2 aromatic carbocycles. The van der Waals surface area contributed by atoms with E-state index in [9.17, 15) is 9.59 Å². The van der Waals surface area contributed by atoms with Crippen molar-refractivity contribution in [2.45, 2.75) is 20.8 Å². The van der Waals surface area contributed by atoms with Gasteiger partial charge in [0.2, 0.25) is 0 Å². The summed E-state index contributed by atoms with van der Waals surface area (Å²) in [6.07, 6.45) is 2.88. The maximum atomic E-state index is 12.5. The first-order valence-electron chi connectivity index (χ1n) is 9.21. The largest absolute Gasteiger partial charge is 0.462 e. The van der Waals surface area contributed by atoms with Crippen LogP contribution >= 0.6 is 0 Å². The summed E-state index contributed by atoms with van der Waals surface area (Å²) in [5.41, 5.74) is 3.91. The first-order valence-corrected chi connectivity index (χ1v) is 9.21. The van der Waals surface area contributed by atoms with Crippen LogP contribution in [0.1, 0.15) is 38.9 Å². The highest BCUT2D eigenvalue weighted by Gasteiger charge is 2.16. The van der Waals surface area contributed by atoms with Crippen molar-refractivity contribution in [1.29, 1.82) is 0 Å². The molecule has 29 heavy (non-hydrogen) atoms. The van der Waals surface area contributed by atoms with Gasteiger partial charge in [-0.2, -0.15) is 0 Å². The van der Waals surface area contributed by atoms with Crippen LogP contribution in [0.2, 0.25) is 0 Å². The van der Waals surface area contributed by atoms with Crippen molar-refractivity contribution >= 4 is 29.1 Å². The topological polar surface area (TPSA) is 93.2 Å². The van der Waals surface area contributed by atoms with E-state index in [0.29, 0.717) is 11.5 Å². The minimum atomic E-state index is -0.498. The molecule has 7 heteroatoms. The smallest absolute Gasteiger partial charge is 0.340 e. The predicted octanol–water partition coefficient (Wildman–Crippen LogP) is 4.27. The first-order chi connectivity index (χ1) is 14.0. The summed E-state index contributed by atoms with van der Waals surface area (Å²) in [5, 5.41) is 5.89. The number of nitrogens with zero attached hydrogens (tertiary/aromatic N) is 2. The highest BCUT2D eigenvalue weighted by atomic mass is 16.5. The van der Waals surface area contributed by atoms with Gasteiger partial charge in [0.25, 0.3) is 5.91 Å². The van der Waals surface area contributed by atoms with Crippen LogP contribution in [0.25, 0.3) is 0 Å². The quantitative estimate of drug-likeness (QED) is 0.611. The number of aryl methyl sites for hydroxylation is 2. The normalized spacial score (nSPS) is 10.3. The lowest BCUT2D eigenvalue weighted by Gasteiger charge is -2.11. The van der Waals surface area contributed by atoms with Gasteiger partial charge in [-0.1, -0.05) is 24.3 Å². The SMILES string of the molecule is CCOC(=O)c1ccccc1NC(=O)c1cnc(Nc2cc(C)ccc2C)cn1. The maximum absolute atomic E-state index is 12.5. The van der Waals surface area contributed by atoms with Crippen LogP contribution in [-0.4, -0.2) is 28.5 Å². The van der Waals surface area contributed by atoms with E-state index >= 15 is 0 Å². The monoisotopic (exact) mass is 390 g/mol. The van der Waals surface area contributed by atoms with Gasteiger partial charge < -0.3 is 15.4 Å². The number of aromatic nitrogens is 2. The van der Waals surface area contributed by atoms with Gasteiger partial charge in [0.1, 0.15) is 11.5 Å². The number of anilines is 3. The second-order valence-electron chi connectivity index (χ2n) is 6.45. The summed E-state index contributed by atoms with van der Waals surface area (Å²) in [7, 11) is 0. The average Bonchev–Trinajstić information content (AvgIpc) is 2.72. The summed E-state index contributed by atoms with van der Waals surface area (Å²) in [4.78, 5) is 33.0. The number of ether oxygens (including phenoxy) is 1. The number of para-hydroxylation sites is 1. The van der Waals surface area contributed by atoms with E-state index in [1.54, 1.807) is 31.2 Å². The first kappa shape index (κ1) is 20.0. The number of benzene rings is 2. The summed E-state index contributed by atoms with van der Waals surface area (Å²) in [6, 6.07) is 12.7. The number of hydrogen-bond acceptors (Lipinski definition) is 6. The van der Waals surface area contributed by atoms with Gasteiger partial charge in [-0.05, 0) is 50.1 Å². The van der Waals surface area contributed by atoms with Crippen LogP contribution in [0.5, 0.6) is 0 Å². The van der Waals surface area contributed by atoms with E-state index in [1.165, 1.54) is 12.4 Å². The molecule has 1 aromatic heterocycles. The Morgan fingerprint density at radius 1 is 1.00 bits per heavy atom. The Balaban J connectivity index is 1.73. The van der Waals surface area contributed by atoms with Crippen molar-refractivity contribution < 1.29 is 14.3 Å². The summed E-state index contributed by atoms with van der Waals surface area (Å²) in [6.45, 7) is 5.99. The second kappa shape index (κ2) is 8.97. The highest BCUT2D eigenvalue weighted by molar-refractivity contribution is 6.07. The molecule has 2 N–H and O–H groups in total. The van der Waals surface area contributed by atoms with Crippen molar-refractivity contribution in [2.24, 2.45) is 0 Å². The van der Waals surface area contributed by atoms with E-state index in [-0.39, 0.29) is 17.9 Å². The molecule has 3 aromatic rings. The summed E-state index contributed by atoms with van der Waals surface area (Å²) < 4.78 is 5.02. The van der Waals surface area contributed by atoms with Crippen LogP contribution in [0, 0.1) is 13.8 Å². The number of carbonyl (C=O) groups is 2. The highest BCUT2D eigenvalue weighted by Crippen LogP contribution is 2.21. The van der Waals surface area contributed by atoms with Gasteiger partial charge in [0.15, 0.2) is 0 Å². The third-order valence-corrected chi connectivity index (χ3v) is 4.21. The molecule has 0 radical (unpaired) electrons. The number of amides is 1. The fourth-order valence-corrected chi connectivity index (χ4v) is 2.68. The lowest BCUT2D eigenvalue weighted by Crippen LogP contribution is -2.17. The number of esters is 1. The Morgan fingerprint density at radius 2 is 1.79 bits per heavy atom. The summed E-state index contributed by atoms with van der Waals surface area (Å²) in [5.74, 6) is -0.433. The van der Waals surface area contributed by atoms with Gasteiger partial charge in [-0.25, -0.2) is 14.8 Å². The van der Waals surface area contributed by atoms with E-state index < -0.39 is 11.9 Å². The molecule has 0 aliphatic rings. The number of carbonyl (C=O) groups excluding carboxylic acids is 2. The summed E-state index contributed by atoms with van der Waals surface area (Å²) >= 11 is 0. The fraction of sp³-hybridized carbons (Fsp3) is 0.182. The zero-order valence-corrected chi connectivity index (χ0v) is 16.5. The van der Waals surface area contributed by atoms with Crippen molar-refractivity contribution in [3.8, 4) is 0 Å². The van der Waals surface area contributed by atoms with Crippen molar-refractivity contribution in [2.75, 3.05) is 17.2 Å². The number of rotatable bonds is 6. The molecule has 0 spiro atoms. The predicted molar refractivity (Wildman–Crippen MR) is 112 cm³/mol. The average molecular weight is 390 g/mol. The molecule has 0 bridgehead atoms. The van der Waals surface area contributed by atoms with Crippen molar-refractivity contribution in [3.05, 3.63) is 77.2 Å². The van der Waals surface area contributed by atoms with Gasteiger partial charge >= 0.3 is 5.97 Å². The third kappa shape index (κ3) is 4.95. The Morgan fingerprint density at radius 3 is 2.52 bits per heavy atom. The molecule has 1 heterocycles. The van der Waals surface area contributed by atoms with E-state index in [0.717, 1.165) is 16.8 Å². The van der Waals surface area contributed by atoms with E-state index in [4.69, 9.17) is 4.74 Å². The fourth-order valence-electron chi connectivity index (χ4n) is 2.68. The molecule has 0 aliphatic carbocycles. The van der Waals surface area contributed by atoms with Crippen molar-refractivity contribution in [3.63, 3.8) is 0 Å². The van der Waals surface area contributed by atoms with Crippen LogP contribution in [0.4, 0.5) is 17.2 Å². The number of nitrogens with one attached hydrogen (secondary N) is 2. The Bertz CT molecular complexity index is 1030. The molecule has 0 atom stereocenters. The molecular weight excluding hydrogens is 368 g/mol. The van der Waals surface area contributed by atoms with Crippen LogP contribution < -0.4 is 10.6 Å². The molecule has 0 fully saturated rings. The molecule has 1 amide bonds. The molecule has 148 valence electrons. The van der Waals surface area contributed by atoms with Gasteiger partial charge in [-0.3, -0.25) is 4.79 Å². The molecule has 0 aliphatic heterocycles. The Labute approximate surface area is 169 Å².